The molecule has 0 saturated heterocycles. The van der Waals surface area contributed by atoms with Crippen LogP contribution in [0.2, 0.25) is 0 Å². The zero-order valence-corrected chi connectivity index (χ0v) is 32.1. The van der Waals surface area contributed by atoms with E-state index >= 15 is 0 Å². The van der Waals surface area contributed by atoms with Crippen molar-refractivity contribution in [2.45, 2.75) is 58.8 Å². The van der Waals surface area contributed by atoms with Crippen LogP contribution in [0.15, 0.2) is 100 Å². The smallest absolute Gasteiger partial charge is 0.340 e. The van der Waals surface area contributed by atoms with E-state index in [1.54, 1.807) is 46.4 Å². The Labute approximate surface area is 307 Å². The largest absolute Gasteiger partial charge is 0.462 e. The standard InChI is InChI=1S/C20H22N2O3.C13H15NO3.C8H9Br/c1-5-25-20(24)17-14(3)22(13(2)15-9-7-6-8-10-15)18-16(17)11-12-21(4)19(18)23;1-4-17-13(16)11-8(2)7-10-9(11)5-6-14(3)12(10)15;1-7(9)8-5-3-2-4-6-8/h6-13H,5H2,1-4H3;5-6H,4,7H2,1-3H3;2-7H,1H3. The molecule has 1 aliphatic rings. The lowest BCUT2D eigenvalue weighted by molar-refractivity contribution is -0.136. The number of fused-ring (bicyclic) bond motifs is 2. The summed E-state index contributed by atoms with van der Waals surface area (Å²) in [5.74, 6) is -0.728. The Morgan fingerprint density at radius 2 is 1.29 bits per heavy atom. The van der Waals surface area contributed by atoms with Crippen LogP contribution in [-0.2, 0) is 34.8 Å². The number of carbonyl (C=O) groups excluding carboxylic acids is 2. The van der Waals surface area contributed by atoms with Gasteiger partial charge in [-0.1, -0.05) is 82.2 Å². The summed E-state index contributed by atoms with van der Waals surface area (Å²) in [6.07, 6.45) is 3.90. The Bertz CT molecular complexity index is 2160. The highest BCUT2D eigenvalue weighted by atomic mass is 79.9. The van der Waals surface area contributed by atoms with Crippen LogP contribution < -0.4 is 11.1 Å². The maximum atomic E-state index is 12.8. The van der Waals surface area contributed by atoms with Gasteiger partial charge < -0.3 is 23.2 Å². The second-order valence-electron chi connectivity index (χ2n) is 12.3. The van der Waals surface area contributed by atoms with Crippen LogP contribution in [0, 0.1) is 6.92 Å². The van der Waals surface area contributed by atoms with Gasteiger partial charge in [-0.2, -0.15) is 0 Å². The van der Waals surface area contributed by atoms with Crippen LogP contribution in [0.5, 0.6) is 0 Å². The minimum absolute atomic E-state index is 0.0406. The zero-order valence-electron chi connectivity index (χ0n) is 30.5. The Morgan fingerprint density at radius 3 is 1.84 bits per heavy atom. The van der Waals surface area contributed by atoms with Gasteiger partial charge in [-0.05, 0) is 70.4 Å². The summed E-state index contributed by atoms with van der Waals surface area (Å²) < 4.78 is 15.2. The molecule has 9 nitrogen and oxygen atoms in total. The van der Waals surface area contributed by atoms with E-state index in [-0.39, 0.29) is 23.1 Å². The SMILES string of the molecule is CC(Br)c1ccccc1.CCOC(=O)C1=C(C)Cc2c1ccn(C)c2=O.CCOC(=O)c1c(C)n(C(C)c2ccccc2)c2c(=O)n(C)ccc12. The summed E-state index contributed by atoms with van der Waals surface area (Å²) in [5, 5.41) is 0.641. The van der Waals surface area contributed by atoms with Crippen molar-refractivity contribution >= 4 is 44.3 Å². The Kier molecular flexibility index (Phi) is 13.2. The summed E-state index contributed by atoms with van der Waals surface area (Å²) in [6, 6.07) is 23.8. The summed E-state index contributed by atoms with van der Waals surface area (Å²) in [5.41, 5.74) is 6.86. The van der Waals surface area contributed by atoms with Crippen molar-refractivity contribution in [3.8, 4) is 0 Å². The van der Waals surface area contributed by atoms with Crippen molar-refractivity contribution in [2.24, 2.45) is 14.1 Å². The molecule has 0 spiro atoms. The number of carbonyl (C=O) groups is 2. The fourth-order valence-electron chi connectivity index (χ4n) is 6.24. The van der Waals surface area contributed by atoms with Gasteiger partial charge in [0.1, 0.15) is 5.52 Å². The van der Waals surface area contributed by atoms with Crippen molar-refractivity contribution in [3.05, 3.63) is 145 Å². The summed E-state index contributed by atoms with van der Waals surface area (Å²) in [7, 11) is 3.42. The molecule has 51 heavy (non-hydrogen) atoms. The molecule has 0 fully saturated rings. The molecular formula is C41H46BrN3O6. The lowest BCUT2D eigenvalue weighted by Crippen LogP contribution is -2.20. The summed E-state index contributed by atoms with van der Waals surface area (Å²) >= 11 is 3.48. The fourth-order valence-corrected chi connectivity index (χ4v) is 6.54. The van der Waals surface area contributed by atoms with Gasteiger partial charge in [-0.15, -0.1) is 0 Å². The molecule has 5 aromatic rings. The van der Waals surface area contributed by atoms with Gasteiger partial charge in [0, 0.05) is 54.4 Å². The Balaban J connectivity index is 0.000000192. The molecule has 0 aliphatic heterocycles. The Hall–Kier alpha value is -4.96. The molecule has 0 amide bonds. The number of aryl methyl sites for hydroxylation is 2. The molecule has 2 atom stereocenters. The molecule has 0 radical (unpaired) electrons. The molecule has 0 saturated carbocycles. The predicted octanol–water partition coefficient (Wildman–Crippen LogP) is 7.85. The van der Waals surface area contributed by atoms with Crippen LogP contribution in [0.4, 0.5) is 0 Å². The van der Waals surface area contributed by atoms with E-state index in [0.29, 0.717) is 52.1 Å². The normalized spacial score (nSPS) is 13.0. The number of aromatic nitrogens is 3. The first kappa shape index (κ1) is 38.8. The molecule has 0 N–H and O–H groups in total. The monoisotopic (exact) mass is 755 g/mol. The number of benzene rings is 2. The molecule has 3 aromatic heterocycles. The number of pyridine rings is 2. The molecule has 268 valence electrons. The third-order valence-electron chi connectivity index (χ3n) is 8.87. The van der Waals surface area contributed by atoms with Crippen molar-refractivity contribution < 1.29 is 19.1 Å². The van der Waals surface area contributed by atoms with Crippen LogP contribution >= 0.6 is 15.9 Å². The number of rotatable bonds is 7. The van der Waals surface area contributed by atoms with Crippen LogP contribution in [0.25, 0.3) is 16.5 Å². The fraction of sp³-hybridized carbons (Fsp3) is 0.317. The molecule has 0 bridgehead atoms. The molecule has 6 rings (SSSR count). The van der Waals surface area contributed by atoms with E-state index in [2.05, 4.69) is 35.0 Å². The average molecular weight is 757 g/mol. The van der Waals surface area contributed by atoms with E-state index in [9.17, 15) is 19.2 Å². The minimum Gasteiger partial charge on any atom is -0.462 e. The number of alkyl halides is 1. The number of allylic oxidation sites excluding steroid dienone is 1. The molecule has 3 heterocycles. The first-order valence-electron chi connectivity index (χ1n) is 17.0. The number of hydrogen-bond acceptors (Lipinski definition) is 6. The number of halogens is 1. The molecule has 2 unspecified atom stereocenters. The van der Waals surface area contributed by atoms with E-state index in [1.807, 2.05) is 79.9 Å². The second kappa shape index (κ2) is 17.3. The van der Waals surface area contributed by atoms with Gasteiger partial charge in [-0.25, -0.2) is 9.59 Å². The number of ether oxygens (including phenoxy) is 2. The van der Waals surface area contributed by atoms with Gasteiger partial charge in [-0.3, -0.25) is 9.59 Å². The average Bonchev–Trinajstić information content (AvgIpc) is 3.63. The van der Waals surface area contributed by atoms with E-state index < -0.39 is 5.97 Å². The molecule has 2 aromatic carbocycles. The molecule has 1 aliphatic carbocycles. The minimum atomic E-state index is -0.391. The second-order valence-corrected chi connectivity index (χ2v) is 13.7. The Morgan fingerprint density at radius 1 is 0.765 bits per heavy atom. The van der Waals surface area contributed by atoms with Crippen LogP contribution in [0.1, 0.15) is 83.8 Å². The van der Waals surface area contributed by atoms with Gasteiger partial charge in [0.05, 0.1) is 30.4 Å². The maximum Gasteiger partial charge on any atom is 0.340 e. The van der Waals surface area contributed by atoms with E-state index in [0.717, 1.165) is 22.4 Å². The molecular weight excluding hydrogens is 710 g/mol. The zero-order chi connectivity index (χ0) is 37.4. The maximum absolute atomic E-state index is 12.8. The van der Waals surface area contributed by atoms with E-state index in [4.69, 9.17) is 9.47 Å². The lowest BCUT2D eigenvalue weighted by atomic mass is 10.1. The first-order valence-corrected chi connectivity index (χ1v) is 17.9. The topological polar surface area (TPSA) is 102 Å². The van der Waals surface area contributed by atoms with Crippen molar-refractivity contribution in [2.75, 3.05) is 13.2 Å². The number of hydrogen-bond donors (Lipinski definition) is 0. The van der Waals surface area contributed by atoms with Gasteiger partial charge >= 0.3 is 11.9 Å². The highest BCUT2D eigenvalue weighted by molar-refractivity contribution is 9.09. The van der Waals surface area contributed by atoms with E-state index in [1.165, 1.54) is 14.7 Å². The summed E-state index contributed by atoms with van der Waals surface area (Å²) in [4.78, 5) is 49.5. The number of nitrogens with zero attached hydrogens (tertiary/aromatic N) is 3. The molecule has 10 heteroatoms. The third kappa shape index (κ3) is 8.51. The lowest BCUT2D eigenvalue weighted by Gasteiger charge is -2.18. The van der Waals surface area contributed by atoms with Crippen molar-refractivity contribution in [1.82, 2.24) is 13.7 Å². The van der Waals surface area contributed by atoms with Crippen LogP contribution in [-0.4, -0.2) is 38.9 Å². The first-order chi connectivity index (χ1) is 24.3. The van der Waals surface area contributed by atoms with Gasteiger partial charge in [0.25, 0.3) is 11.1 Å². The highest BCUT2D eigenvalue weighted by Crippen LogP contribution is 2.32. The van der Waals surface area contributed by atoms with Crippen LogP contribution in [0.3, 0.4) is 0 Å². The van der Waals surface area contributed by atoms with Crippen molar-refractivity contribution in [1.29, 1.82) is 0 Å². The predicted molar refractivity (Wildman–Crippen MR) is 207 cm³/mol. The van der Waals surface area contributed by atoms with Gasteiger partial charge in [0.15, 0.2) is 0 Å². The van der Waals surface area contributed by atoms with Crippen molar-refractivity contribution in [3.63, 3.8) is 0 Å². The summed E-state index contributed by atoms with van der Waals surface area (Å²) in [6.45, 7) is 12.1. The third-order valence-corrected chi connectivity index (χ3v) is 9.40. The number of esters is 2. The highest BCUT2D eigenvalue weighted by Gasteiger charge is 2.28. The van der Waals surface area contributed by atoms with Gasteiger partial charge in [0.2, 0.25) is 0 Å². The quantitative estimate of drug-likeness (QED) is 0.124.